The number of benzene rings is 1. The standard InChI is InChI=1S/C15H14N2OS2/c1-9(2)15-17-11-6-5-10(8-13(11)20-15)16-14(18)12-4-3-7-19-12/h3-9H,1-2H3,(H,16,18). The van der Waals surface area contributed by atoms with Gasteiger partial charge in [-0.15, -0.1) is 22.7 Å². The molecule has 2 heterocycles. The van der Waals surface area contributed by atoms with Crippen molar-refractivity contribution in [3.05, 3.63) is 45.6 Å². The number of nitrogens with one attached hydrogen (secondary N) is 1. The van der Waals surface area contributed by atoms with Crippen LogP contribution in [0, 0.1) is 0 Å². The minimum absolute atomic E-state index is 0.0621. The molecular formula is C15H14N2OS2. The van der Waals surface area contributed by atoms with Crippen LogP contribution in [-0.4, -0.2) is 10.9 Å². The molecule has 0 spiro atoms. The molecule has 2 aromatic heterocycles. The molecule has 0 fully saturated rings. The molecule has 0 bridgehead atoms. The number of fused-ring (bicyclic) bond motifs is 1. The lowest BCUT2D eigenvalue weighted by Gasteiger charge is -2.02. The van der Waals surface area contributed by atoms with Crippen LogP contribution in [-0.2, 0) is 0 Å². The van der Waals surface area contributed by atoms with E-state index in [1.807, 2.05) is 35.7 Å². The molecule has 0 aliphatic rings. The van der Waals surface area contributed by atoms with Gasteiger partial charge >= 0.3 is 0 Å². The van der Waals surface area contributed by atoms with Gasteiger partial charge in [0.15, 0.2) is 0 Å². The predicted molar refractivity (Wildman–Crippen MR) is 86.0 cm³/mol. The van der Waals surface area contributed by atoms with Crippen molar-refractivity contribution in [1.82, 2.24) is 4.98 Å². The zero-order valence-corrected chi connectivity index (χ0v) is 12.8. The van der Waals surface area contributed by atoms with Crippen LogP contribution < -0.4 is 5.32 Å². The Morgan fingerprint density at radius 2 is 2.15 bits per heavy atom. The maximum Gasteiger partial charge on any atom is 0.265 e. The van der Waals surface area contributed by atoms with E-state index >= 15 is 0 Å². The second kappa shape index (κ2) is 5.34. The van der Waals surface area contributed by atoms with Crippen molar-refractivity contribution in [1.29, 1.82) is 0 Å². The average molecular weight is 302 g/mol. The molecule has 3 rings (SSSR count). The molecule has 20 heavy (non-hydrogen) atoms. The van der Waals surface area contributed by atoms with Crippen molar-refractivity contribution in [2.24, 2.45) is 0 Å². The fourth-order valence-electron chi connectivity index (χ4n) is 1.87. The Labute approximate surface area is 125 Å². The van der Waals surface area contributed by atoms with E-state index in [0.717, 1.165) is 25.8 Å². The predicted octanol–water partition coefficient (Wildman–Crippen LogP) is 4.73. The van der Waals surface area contributed by atoms with E-state index < -0.39 is 0 Å². The molecule has 5 heteroatoms. The SMILES string of the molecule is CC(C)c1nc2ccc(NC(=O)c3cccs3)cc2s1. The molecule has 0 aliphatic carbocycles. The summed E-state index contributed by atoms with van der Waals surface area (Å²) < 4.78 is 1.11. The number of carbonyl (C=O) groups excluding carboxylic acids is 1. The topological polar surface area (TPSA) is 42.0 Å². The van der Waals surface area contributed by atoms with E-state index in [9.17, 15) is 4.79 Å². The molecule has 0 saturated carbocycles. The number of nitrogens with zero attached hydrogens (tertiary/aromatic N) is 1. The van der Waals surface area contributed by atoms with E-state index in [0.29, 0.717) is 5.92 Å². The number of carbonyl (C=O) groups is 1. The normalized spacial score (nSPS) is 11.2. The molecule has 1 amide bonds. The lowest BCUT2D eigenvalue weighted by molar-refractivity contribution is 0.103. The molecule has 3 aromatic rings. The number of aromatic nitrogens is 1. The number of rotatable bonds is 3. The fraction of sp³-hybridized carbons (Fsp3) is 0.200. The molecule has 0 aliphatic heterocycles. The number of amides is 1. The Morgan fingerprint density at radius 1 is 1.30 bits per heavy atom. The average Bonchev–Trinajstić information content (AvgIpc) is 3.07. The number of hydrogen-bond acceptors (Lipinski definition) is 4. The van der Waals surface area contributed by atoms with Gasteiger partial charge in [-0.1, -0.05) is 19.9 Å². The summed E-state index contributed by atoms with van der Waals surface area (Å²) in [5.74, 6) is 0.365. The van der Waals surface area contributed by atoms with E-state index in [4.69, 9.17) is 0 Å². The molecular weight excluding hydrogens is 288 g/mol. The summed E-state index contributed by atoms with van der Waals surface area (Å²) in [7, 11) is 0. The third-order valence-electron chi connectivity index (χ3n) is 2.90. The zero-order chi connectivity index (χ0) is 14.1. The van der Waals surface area contributed by atoms with E-state index in [1.165, 1.54) is 11.3 Å². The minimum atomic E-state index is -0.0621. The minimum Gasteiger partial charge on any atom is -0.321 e. The Balaban J connectivity index is 1.87. The van der Waals surface area contributed by atoms with Crippen LogP contribution in [0.4, 0.5) is 5.69 Å². The molecule has 0 unspecified atom stereocenters. The van der Waals surface area contributed by atoms with Crippen molar-refractivity contribution < 1.29 is 4.79 Å². The molecule has 102 valence electrons. The largest absolute Gasteiger partial charge is 0.321 e. The molecule has 0 radical (unpaired) electrons. The van der Waals surface area contributed by atoms with Crippen molar-refractivity contribution in [2.75, 3.05) is 5.32 Å². The number of anilines is 1. The summed E-state index contributed by atoms with van der Waals surface area (Å²) in [6.07, 6.45) is 0. The second-order valence-corrected chi connectivity index (χ2v) is 6.83. The summed E-state index contributed by atoms with van der Waals surface area (Å²) in [5.41, 5.74) is 1.81. The number of hydrogen-bond donors (Lipinski definition) is 1. The highest BCUT2D eigenvalue weighted by atomic mass is 32.1. The molecule has 1 aromatic carbocycles. The highest BCUT2D eigenvalue weighted by molar-refractivity contribution is 7.18. The summed E-state index contributed by atoms with van der Waals surface area (Å²) in [6.45, 7) is 4.27. The van der Waals surface area contributed by atoms with Gasteiger partial charge < -0.3 is 5.32 Å². The number of thiazole rings is 1. The Morgan fingerprint density at radius 3 is 2.85 bits per heavy atom. The Kier molecular flexibility index (Phi) is 3.54. The summed E-state index contributed by atoms with van der Waals surface area (Å²) in [6, 6.07) is 9.55. The van der Waals surface area contributed by atoms with Crippen LogP contribution in [0.3, 0.4) is 0 Å². The van der Waals surface area contributed by atoms with Gasteiger partial charge in [-0.3, -0.25) is 4.79 Å². The first kappa shape index (κ1) is 13.3. The molecule has 0 saturated heterocycles. The van der Waals surface area contributed by atoms with Gasteiger partial charge in [-0.25, -0.2) is 4.98 Å². The monoisotopic (exact) mass is 302 g/mol. The van der Waals surface area contributed by atoms with Crippen molar-refractivity contribution >= 4 is 44.5 Å². The lowest BCUT2D eigenvalue weighted by Crippen LogP contribution is -2.09. The smallest absolute Gasteiger partial charge is 0.265 e. The van der Waals surface area contributed by atoms with Crippen LogP contribution in [0.2, 0.25) is 0 Å². The third kappa shape index (κ3) is 2.59. The maximum absolute atomic E-state index is 12.0. The maximum atomic E-state index is 12.0. The fourth-order valence-corrected chi connectivity index (χ4v) is 3.50. The Hall–Kier alpha value is -1.72. The van der Waals surface area contributed by atoms with Crippen molar-refractivity contribution in [2.45, 2.75) is 19.8 Å². The molecule has 1 N–H and O–H groups in total. The first-order valence-electron chi connectivity index (χ1n) is 6.39. The van der Waals surface area contributed by atoms with Gasteiger partial charge in [0.1, 0.15) is 0 Å². The van der Waals surface area contributed by atoms with Crippen molar-refractivity contribution in [3.8, 4) is 0 Å². The van der Waals surface area contributed by atoms with Gasteiger partial charge in [-0.05, 0) is 29.6 Å². The van der Waals surface area contributed by atoms with Gasteiger partial charge in [-0.2, -0.15) is 0 Å². The Bertz CT molecular complexity index is 744. The zero-order valence-electron chi connectivity index (χ0n) is 11.2. The van der Waals surface area contributed by atoms with Crippen molar-refractivity contribution in [3.63, 3.8) is 0 Å². The third-order valence-corrected chi connectivity index (χ3v) is 5.09. The first-order chi connectivity index (χ1) is 9.63. The van der Waals surface area contributed by atoms with Crippen LogP contribution in [0.5, 0.6) is 0 Å². The summed E-state index contributed by atoms with van der Waals surface area (Å²) in [5, 5.41) is 5.95. The summed E-state index contributed by atoms with van der Waals surface area (Å²) in [4.78, 5) is 17.3. The van der Waals surface area contributed by atoms with Gasteiger partial charge in [0.2, 0.25) is 0 Å². The van der Waals surface area contributed by atoms with E-state index in [-0.39, 0.29) is 5.91 Å². The highest BCUT2D eigenvalue weighted by Gasteiger charge is 2.10. The summed E-state index contributed by atoms with van der Waals surface area (Å²) >= 11 is 3.12. The van der Waals surface area contributed by atoms with Crippen LogP contribution in [0.25, 0.3) is 10.2 Å². The van der Waals surface area contributed by atoms with Crippen LogP contribution >= 0.6 is 22.7 Å². The van der Waals surface area contributed by atoms with Crippen LogP contribution in [0.15, 0.2) is 35.7 Å². The first-order valence-corrected chi connectivity index (χ1v) is 8.08. The van der Waals surface area contributed by atoms with Gasteiger partial charge in [0, 0.05) is 11.6 Å². The van der Waals surface area contributed by atoms with Gasteiger partial charge in [0.05, 0.1) is 20.1 Å². The second-order valence-electron chi connectivity index (χ2n) is 4.82. The van der Waals surface area contributed by atoms with E-state index in [2.05, 4.69) is 24.1 Å². The van der Waals surface area contributed by atoms with Gasteiger partial charge in [0.25, 0.3) is 5.91 Å². The molecule has 3 nitrogen and oxygen atoms in total. The molecule has 0 atom stereocenters. The van der Waals surface area contributed by atoms with E-state index in [1.54, 1.807) is 11.3 Å². The quantitative estimate of drug-likeness (QED) is 0.759. The highest BCUT2D eigenvalue weighted by Crippen LogP contribution is 2.29. The lowest BCUT2D eigenvalue weighted by atomic mass is 10.2. The van der Waals surface area contributed by atoms with Crippen LogP contribution in [0.1, 0.15) is 34.4 Å². The number of thiophene rings is 1.